The molecule has 0 aliphatic rings. The van der Waals surface area contributed by atoms with Crippen molar-refractivity contribution in [3.63, 3.8) is 0 Å². The molecule has 0 aliphatic heterocycles. The van der Waals surface area contributed by atoms with Crippen molar-refractivity contribution in [2.75, 3.05) is 0 Å². The van der Waals surface area contributed by atoms with Crippen molar-refractivity contribution in [2.45, 2.75) is 19.0 Å². The highest BCUT2D eigenvalue weighted by Gasteiger charge is 2.08. The second kappa shape index (κ2) is 3.46. The quantitative estimate of drug-likeness (QED) is 0.644. The first kappa shape index (κ1) is 8.17. The van der Waals surface area contributed by atoms with E-state index in [0.29, 0.717) is 0 Å². The van der Waals surface area contributed by atoms with Gasteiger partial charge in [-0.15, -0.1) is 0 Å². The molecule has 0 saturated carbocycles. The van der Waals surface area contributed by atoms with E-state index in [0.717, 1.165) is 5.56 Å². The predicted octanol–water partition coefficient (Wildman–Crippen LogP) is 0.429. The summed E-state index contributed by atoms with van der Waals surface area (Å²) in [6, 6.07) is 3.66. The second-order valence-electron chi connectivity index (χ2n) is 2.67. The molecule has 1 aromatic heterocycles. The molecule has 3 nitrogen and oxygen atoms in total. The number of nitrogens with two attached hydrogens (primary N) is 2. The number of pyridine rings is 1. The summed E-state index contributed by atoms with van der Waals surface area (Å²) in [5, 5.41) is 0. The highest BCUT2D eigenvalue weighted by Crippen LogP contribution is 2.10. The van der Waals surface area contributed by atoms with E-state index in [9.17, 15) is 0 Å². The van der Waals surface area contributed by atoms with Crippen molar-refractivity contribution in [3.05, 3.63) is 30.1 Å². The minimum absolute atomic E-state index is 0.0163. The minimum atomic E-state index is -0.0852. The van der Waals surface area contributed by atoms with Crippen LogP contribution in [-0.4, -0.2) is 11.0 Å². The molecule has 0 saturated heterocycles. The van der Waals surface area contributed by atoms with Gasteiger partial charge in [-0.3, -0.25) is 4.98 Å². The van der Waals surface area contributed by atoms with E-state index in [2.05, 4.69) is 4.98 Å². The number of rotatable bonds is 2. The standard InChI is InChI=1S/C8H13N3/c1-6(9)8(10)7-2-4-11-5-3-7/h2-6,8H,9-10H2,1H3. The van der Waals surface area contributed by atoms with Crippen molar-refractivity contribution in [3.8, 4) is 0 Å². The molecule has 2 unspecified atom stereocenters. The van der Waals surface area contributed by atoms with Crippen LogP contribution in [0.5, 0.6) is 0 Å². The zero-order valence-corrected chi connectivity index (χ0v) is 6.57. The maximum absolute atomic E-state index is 5.78. The Labute approximate surface area is 66.4 Å². The molecular formula is C8H13N3. The fraction of sp³-hybridized carbons (Fsp3) is 0.375. The molecule has 1 heterocycles. The SMILES string of the molecule is CC(N)C(N)c1ccncc1. The molecule has 11 heavy (non-hydrogen) atoms. The minimum Gasteiger partial charge on any atom is -0.326 e. The highest BCUT2D eigenvalue weighted by atomic mass is 14.8. The van der Waals surface area contributed by atoms with Gasteiger partial charge in [0.1, 0.15) is 0 Å². The molecule has 1 rings (SSSR count). The molecule has 0 bridgehead atoms. The van der Waals surface area contributed by atoms with E-state index in [1.165, 1.54) is 0 Å². The van der Waals surface area contributed by atoms with Gasteiger partial charge in [0, 0.05) is 24.5 Å². The normalized spacial score (nSPS) is 15.9. The lowest BCUT2D eigenvalue weighted by molar-refractivity contribution is 0.588. The molecule has 60 valence electrons. The molecule has 1 aromatic rings. The van der Waals surface area contributed by atoms with Crippen LogP contribution >= 0.6 is 0 Å². The van der Waals surface area contributed by atoms with Crippen molar-refractivity contribution in [1.29, 1.82) is 0 Å². The first-order valence-corrected chi connectivity index (χ1v) is 3.63. The largest absolute Gasteiger partial charge is 0.326 e. The third-order valence-electron chi connectivity index (χ3n) is 1.66. The highest BCUT2D eigenvalue weighted by molar-refractivity contribution is 5.15. The van der Waals surface area contributed by atoms with Crippen LogP contribution in [0.25, 0.3) is 0 Å². The Morgan fingerprint density at radius 1 is 1.27 bits per heavy atom. The molecule has 0 radical (unpaired) electrons. The van der Waals surface area contributed by atoms with E-state index in [-0.39, 0.29) is 12.1 Å². The molecule has 0 fully saturated rings. The second-order valence-corrected chi connectivity index (χ2v) is 2.67. The lowest BCUT2D eigenvalue weighted by atomic mass is 10.0. The Morgan fingerprint density at radius 2 is 1.82 bits per heavy atom. The Balaban J connectivity index is 2.77. The van der Waals surface area contributed by atoms with Gasteiger partial charge in [0.15, 0.2) is 0 Å². The first-order valence-electron chi connectivity index (χ1n) is 3.63. The van der Waals surface area contributed by atoms with Crippen LogP contribution in [0.3, 0.4) is 0 Å². The van der Waals surface area contributed by atoms with Gasteiger partial charge in [-0.1, -0.05) is 0 Å². The molecular weight excluding hydrogens is 138 g/mol. The number of aromatic nitrogens is 1. The van der Waals surface area contributed by atoms with Gasteiger partial charge in [0.25, 0.3) is 0 Å². The van der Waals surface area contributed by atoms with Crippen LogP contribution in [0.1, 0.15) is 18.5 Å². The van der Waals surface area contributed by atoms with Crippen molar-refractivity contribution in [1.82, 2.24) is 4.98 Å². The van der Waals surface area contributed by atoms with Gasteiger partial charge in [-0.2, -0.15) is 0 Å². The van der Waals surface area contributed by atoms with Gasteiger partial charge in [-0.05, 0) is 24.6 Å². The Kier molecular flexibility index (Phi) is 2.57. The van der Waals surface area contributed by atoms with Crippen LogP contribution in [0.2, 0.25) is 0 Å². The number of hydrogen-bond acceptors (Lipinski definition) is 3. The van der Waals surface area contributed by atoms with Crippen molar-refractivity contribution < 1.29 is 0 Å². The molecule has 4 N–H and O–H groups in total. The van der Waals surface area contributed by atoms with Crippen LogP contribution in [-0.2, 0) is 0 Å². The Morgan fingerprint density at radius 3 is 2.27 bits per heavy atom. The zero-order chi connectivity index (χ0) is 8.27. The average molecular weight is 151 g/mol. The van der Waals surface area contributed by atoms with Gasteiger partial charge in [-0.25, -0.2) is 0 Å². The monoisotopic (exact) mass is 151 g/mol. The van der Waals surface area contributed by atoms with Gasteiger partial charge >= 0.3 is 0 Å². The molecule has 0 spiro atoms. The van der Waals surface area contributed by atoms with E-state index < -0.39 is 0 Å². The van der Waals surface area contributed by atoms with E-state index >= 15 is 0 Å². The zero-order valence-electron chi connectivity index (χ0n) is 6.57. The fourth-order valence-electron chi connectivity index (χ4n) is 0.889. The van der Waals surface area contributed by atoms with Gasteiger partial charge < -0.3 is 11.5 Å². The maximum Gasteiger partial charge on any atom is 0.0447 e. The summed E-state index contributed by atoms with van der Waals surface area (Å²) < 4.78 is 0. The smallest absolute Gasteiger partial charge is 0.0447 e. The third kappa shape index (κ3) is 2.00. The molecule has 0 aromatic carbocycles. The van der Waals surface area contributed by atoms with E-state index in [1.807, 2.05) is 19.1 Å². The fourth-order valence-corrected chi connectivity index (χ4v) is 0.889. The van der Waals surface area contributed by atoms with Crippen LogP contribution in [0.15, 0.2) is 24.5 Å². The average Bonchev–Trinajstić information content (AvgIpc) is 2.05. The topological polar surface area (TPSA) is 64.9 Å². The summed E-state index contributed by atoms with van der Waals surface area (Å²) in [4.78, 5) is 3.89. The summed E-state index contributed by atoms with van der Waals surface area (Å²) in [5.41, 5.74) is 12.4. The molecule has 3 heteroatoms. The summed E-state index contributed by atoms with van der Waals surface area (Å²) in [5.74, 6) is 0. The van der Waals surface area contributed by atoms with Crippen LogP contribution in [0.4, 0.5) is 0 Å². The Hall–Kier alpha value is -0.930. The maximum atomic E-state index is 5.78. The lowest BCUT2D eigenvalue weighted by Gasteiger charge is -2.14. The van der Waals surface area contributed by atoms with Crippen LogP contribution < -0.4 is 11.5 Å². The summed E-state index contributed by atoms with van der Waals surface area (Å²) >= 11 is 0. The predicted molar refractivity (Wildman–Crippen MR) is 44.8 cm³/mol. The van der Waals surface area contributed by atoms with Gasteiger partial charge in [0.05, 0.1) is 0 Å². The first-order chi connectivity index (χ1) is 5.22. The summed E-state index contributed by atoms with van der Waals surface area (Å²) in [6.07, 6.45) is 3.44. The van der Waals surface area contributed by atoms with Gasteiger partial charge in [0.2, 0.25) is 0 Å². The molecule has 0 aliphatic carbocycles. The number of hydrogen-bond donors (Lipinski definition) is 2. The van der Waals surface area contributed by atoms with Crippen molar-refractivity contribution >= 4 is 0 Å². The molecule has 0 amide bonds. The Bertz CT molecular complexity index is 208. The lowest BCUT2D eigenvalue weighted by Crippen LogP contribution is -2.30. The third-order valence-corrected chi connectivity index (χ3v) is 1.66. The summed E-state index contributed by atoms with van der Waals surface area (Å²) in [6.45, 7) is 1.89. The molecule has 2 atom stereocenters. The van der Waals surface area contributed by atoms with E-state index in [4.69, 9.17) is 11.5 Å². The van der Waals surface area contributed by atoms with Crippen molar-refractivity contribution in [2.24, 2.45) is 11.5 Å². The number of nitrogens with zero attached hydrogens (tertiary/aromatic N) is 1. The van der Waals surface area contributed by atoms with E-state index in [1.54, 1.807) is 12.4 Å². The summed E-state index contributed by atoms with van der Waals surface area (Å²) in [7, 11) is 0. The van der Waals surface area contributed by atoms with Crippen LogP contribution in [0, 0.1) is 0 Å².